The number of rotatable bonds is 6. The Bertz CT molecular complexity index is 786. The highest BCUT2D eigenvalue weighted by atomic mass is 32.2. The van der Waals surface area contributed by atoms with Gasteiger partial charge in [0.05, 0.1) is 12.2 Å². The molecule has 0 N–H and O–H groups in total. The van der Waals surface area contributed by atoms with Gasteiger partial charge in [-0.2, -0.15) is 8.78 Å². The Hall–Kier alpha value is -2.02. The minimum atomic E-state index is -3.25. The van der Waals surface area contributed by atoms with E-state index in [-0.39, 0.29) is 29.0 Å². The quantitative estimate of drug-likeness (QED) is 0.351. The third kappa shape index (κ3) is 3.34. The number of halogens is 2. The molecule has 0 aliphatic rings. The number of esters is 1. The number of pyridine rings is 1. The molecule has 118 valence electrons. The van der Waals surface area contributed by atoms with Gasteiger partial charge in [0.25, 0.3) is 0 Å². The molecule has 0 amide bonds. The fraction of sp³-hybridized carbons (Fsp3) is 0.188. The molecule has 0 aromatic carbocycles. The van der Waals surface area contributed by atoms with Crippen molar-refractivity contribution in [2.75, 3.05) is 6.61 Å². The average Bonchev–Trinajstić information content (AvgIpc) is 2.88. The average molecular weight is 333 g/mol. The normalized spacial score (nSPS) is 11.4. The maximum absolute atomic E-state index is 13.8. The van der Waals surface area contributed by atoms with Crippen LogP contribution < -0.4 is 5.46 Å². The smallest absolute Gasteiger partial charge is 0.340 e. The lowest BCUT2D eigenvalue weighted by Crippen LogP contribution is -2.12. The highest BCUT2D eigenvalue weighted by Crippen LogP contribution is 2.40. The molecule has 0 saturated heterocycles. The first kappa shape index (κ1) is 17.3. The van der Waals surface area contributed by atoms with Gasteiger partial charge in [-0.1, -0.05) is 24.7 Å². The Morgan fingerprint density at radius 1 is 1.48 bits per heavy atom. The molecule has 0 fully saturated rings. The SMILES string of the molecule is [B]c1ccc(C=C)n2c(SC(F)(F)C=C)c(C(=O)OCC)cc12. The van der Waals surface area contributed by atoms with Crippen molar-refractivity contribution in [1.82, 2.24) is 4.40 Å². The van der Waals surface area contributed by atoms with Crippen molar-refractivity contribution >= 4 is 42.6 Å². The van der Waals surface area contributed by atoms with Gasteiger partial charge >= 0.3 is 11.2 Å². The Balaban J connectivity index is 2.78. The van der Waals surface area contributed by atoms with E-state index in [9.17, 15) is 13.6 Å². The van der Waals surface area contributed by atoms with E-state index in [1.165, 1.54) is 16.5 Å². The van der Waals surface area contributed by atoms with Crippen LogP contribution >= 0.6 is 11.8 Å². The molecule has 7 heteroatoms. The van der Waals surface area contributed by atoms with Crippen LogP contribution in [-0.2, 0) is 4.74 Å². The number of alkyl halides is 2. The number of aromatic nitrogens is 1. The zero-order valence-corrected chi connectivity index (χ0v) is 13.3. The summed E-state index contributed by atoms with van der Waals surface area (Å²) in [5.41, 5.74) is 1.36. The van der Waals surface area contributed by atoms with Crippen molar-refractivity contribution in [2.24, 2.45) is 0 Å². The van der Waals surface area contributed by atoms with E-state index in [0.29, 0.717) is 22.7 Å². The van der Waals surface area contributed by atoms with Gasteiger partial charge in [-0.15, -0.1) is 0 Å². The lowest BCUT2D eigenvalue weighted by atomic mass is 9.95. The molecule has 3 nitrogen and oxygen atoms in total. The van der Waals surface area contributed by atoms with Crippen molar-refractivity contribution in [3.8, 4) is 0 Å². The van der Waals surface area contributed by atoms with Crippen molar-refractivity contribution in [3.63, 3.8) is 0 Å². The van der Waals surface area contributed by atoms with Gasteiger partial charge in [0.15, 0.2) is 0 Å². The molecule has 2 aromatic heterocycles. The molecule has 2 heterocycles. The van der Waals surface area contributed by atoms with Crippen LogP contribution in [0.1, 0.15) is 23.0 Å². The molecule has 0 atom stereocenters. The van der Waals surface area contributed by atoms with Gasteiger partial charge in [0.2, 0.25) is 0 Å². The number of carbonyl (C=O) groups excluding carboxylic acids is 1. The third-order valence-corrected chi connectivity index (χ3v) is 4.15. The van der Waals surface area contributed by atoms with E-state index in [2.05, 4.69) is 13.2 Å². The van der Waals surface area contributed by atoms with Crippen LogP contribution in [0.3, 0.4) is 0 Å². The standard InChI is InChI=1S/C16H14BF2NO2S/c1-4-10-7-8-12(17)13-9-11(15(21)22-6-3)14(20(10)13)23-16(18,19)5-2/h4-5,7-9H,1-2,6H2,3H3. The van der Waals surface area contributed by atoms with Crippen molar-refractivity contribution in [1.29, 1.82) is 0 Å². The number of fused-ring (bicyclic) bond motifs is 1. The lowest BCUT2D eigenvalue weighted by molar-refractivity contribution is 0.0522. The summed E-state index contributed by atoms with van der Waals surface area (Å²) in [4.78, 5) is 12.1. The third-order valence-electron chi connectivity index (χ3n) is 3.12. The Morgan fingerprint density at radius 2 is 2.17 bits per heavy atom. The molecule has 0 bridgehead atoms. The van der Waals surface area contributed by atoms with E-state index in [0.717, 1.165) is 0 Å². The van der Waals surface area contributed by atoms with Gasteiger partial charge in [0, 0.05) is 11.2 Å². The second kappa shape index (κ2) is 6.62. The number of thioether (sulfide) groups is 1. The first-order valence-corrected chi connectivity index (χ1v) is 7.60. The molecule has 2 radical (unpaired) electrons. The van der Waals surface area contributed by atoms with Gasteiger partial charge in [-0.25, -0.2) is 4.79 Å². The van der Waals surface area contributed by atoms with Gasteiger partial charge in [-0.05, 0) is 43.0 Å². The van der Waals surface area contributed by atoms with Crippen LogP contribution in [0.5, 0.6) is 0 Å². The molecule has 23 heavy (non-hydrogen) atoms. The number of hydrogen-bond donors (Lipinski definition) is 0. The summed E-state index contributed by atoms with van der Waals surface area (Å²) in [6.07, 6.45) is 2.02. The fourth-order valence-corrected chi connectivity index (χ4v) is 2.97. The summed E-state index contributed by atoms with van der Waals surface area (Å²) in [6, 6.07) is 4.71. The van der Waals surface area contributed by atoms with E-state index in [4.69, 9.17) is 12.6 Å². The summed E-state index contributed by atoms with van der Waals surface area (Å²) in [5.74, 6) is -0.687. The summed E-state index contributed by atoms with van der Waals surface area (Å²) < 4.78 is 34.1. The zero-order chi connectivity index (χ0) is 17.2. The predicted molar refractivity (Wildman–Crippen MR) is 89.8 cm³/mol. The van der Waals surface area contributed by atoms with E-state index in [1.54, 1.807) is 19.1 Å². The zero-order valence-electron chi connectivity index (χ0n) is 12.5. The summed E-state index contributed by atoms with van der Waals surface area (Å²) in [7, 11) is 5.91. The Morgan fingerprint density at radius 3 is 2.74 bits per heavy atom. The predicted octanol–water partition coefficient (Wildman–Crippen LogP) is 3.42. The van der Waals surface area contributed by atoms with Crippen LogP contribution in [0.15, 0.2) is 42.5 Å². The Kier molecular flexibility index (Phi) is 4.99. The molecular weight excluding hydrogens is 319 g/mol. The highest BCUT2D eigenvalue weighted by molar-refractivity contribution is 8.00. The molecule has 0 unspecified atom stereocenters. The van der Waals surface area contributed by atoms with Crippen LogP contribution in [0.2, 0.25) is 0 Å². The topological polar surface area (TPSA) is 30.7 Å². The molecule has 0 spiro atoms. The van der Waals surface area contributed by atoms with Crippen LogP contribution in [0.25, 0.3) is 11.6 Å². The monoisotopic (exact) mass is 333 g/mol. The number of ether oxygens (including phenoxy) is 1. The number of carbonyl (C=O) groups is 1. The first-order valence-electron chi connectivity index (χ1n) is 6.78. The summed E-state index contributed by atoms with van der Waals surface area (Å²) in [6.45, 7) is 8.56. The lowest BCUT2D eigenvalue weighted by Gasteiger charge is -2.14. The van der Waals surface area contributed by atoms with Gasteiger partial charge in [-0.3, -0.25) is 0 Å². The van der Waals surface area contributed by atoms with Gasteiger partial charge < -0.3 is 9.14 Å². The van der Waals surface area contributed by atoms with Crippen LogP contribution in [0.4, 0.5) is 8.78 Å². The van der Waals surface area contributed by atoms with E-state index >= 15 is 0 Å². The molecule has 0 saturated carbocycles. The van der Waals surface area contributed by atoms with Crippen molar-refractivity contribution in [2.45, 2.75) is 17.2 Å². The van der Waals surface area contributed by atoms with E-state index < -0.39 is 11.2 Å². The largest absolute Gasteiger partial charge is 0.462 e. The maximum Gasteiger partial charge on any atom is 0.340 e. The summed E-state index contributed by atoms with van der Waals surface area (Å²) >= 11 is 0.208. The van der Waals surface area contributed by atoms with Crippen molar-refractivity contribution in [3.05, 3.63) is 48.7 Å². The minimum absolute atomic E-state index is 0.0272. The Labute approximate surface area is 138 Å². The number of nitrogens with zero attached hydrogens (tertiary/aromatic N) is 1. The highest BCUT2D eigenvalue weighted by Gasteiger charge is 2.31. The van der Waals surface area contributed by atoms with Crippen LogP contribution in [-0.4, -0.2) is 30.1 Å². The maximum atomic E-state index is 13.8. The minimum Gasteiger partial charge on any atom is -0.462 e. The molecular formula is C16H14BF2NO2S. The van der Waals surface area contributed by atoms with Crippen LogP contribution in [0, 0.1) is 0 Å². The second-order valence-corrected chi connectivity index (χ2v) is 5.73. The fourth-order valence-electron chi connectivity index (χ4n) is 2.08. The first-order chi connectivity index (χ1) is 10.8. The number of hydrogen-bond acceptors (Lipinski definition) is 3. The van der Waals surface area contributed by atoms with E-state index in [1.807, 2.05) is 0 Å². The molecule has 2 aromatic rings. The van der Waals surface area contributed by atoms with Crippen molar-refractivity contribution < 1.29 is 18.3 Å². The summed E-state index contributed by atoms with van der Waals surface area (Å²) in [5, 5.41) is -3.22. The molecule has 0 aliphatic carbocycles. The second-order valence-electron chi connectivity index (χ2n) is 4.59. The van der Waals surface area contributed by atoms with Gasteiger partial charge in [0.1, 0.15) is 12.9 Å². The molecule has 0 aliphatic heterocycles. The molecule has 2 rings (SSSR count).